The maximum atomic E-state index is 2.67. The molecule has 2 heteroatoms. The Labute approximate surface area is 155 Å². The van der Waals surface area contributed by atoms with Crippen molar-refractivity contribution in [3.8, 4) is 0 Å². The average molecular weight is 374 g/mol. The fourth-order valence-corrected chi connectivity index (χ4v) is 16.3. The number of aryl methyl sites for hydroxylation is 1. The molecule has 1 atom stereocenters. The van der Waals surface area contributed by atoms with Gasteiger partial charge in [-0.15, -0.1) is 0 Å². The molecule has 0 N–H and O–H groups in total. The van der Waals surface area contributed by atoms with E-state index in [0.717, 1.165) is 0 Å². The van der Waals surface area contributed by atoms with Crippen molar-refractivity contribution in [1.82, 2.24) is 0 Å². The van der Waals surface area contributed by atoms with E-state index in [-0.39, 0.29) is 9.52 Å². The zero-order valence-corrected chi connectivity index (χ0v) is 19.5. The summed E-state index contributed by atoms with van der Waals surface area (Å²) in [7, 11) is -0.235. The van der Waals surface area contributed by atoms with Crippen LogP contribution in [-0.2, 0) is 16.6 Å². The number of hydrogen-bond donors (Lipinski definition) is 0. The summed E-state index contributed by atoms with van der Waals surface area (Å²) >= 11 is -1.89. The van der Waals surface area contributed by atoms with Gasteiger partial charge in [-0.05, 0) is 0 Å². The van der Waals surface area contributed by atoms with E-state index in [1.807, 2.05) is 5.57 Å². The van der Waals surface area contributed by atoms with Crippen molar-refractivity contribution in [1.29, 1.82) is 0 Å². The van der Waals surface area contributed by atoms with Crippen LogP contribution in [0.15, 0.2) is 41.0 Å². The molecule has 0 radical (unpaired) electrons. The van der Waals surface area contributed by atoms with Crippen molar-refractivity contribution in [2.24, 2.45) is 0 Å². The second-order valence-electron chi connectivity index (χ2n) is 9.05. The first kappa shape index (κ1) is 18.4. The fraction of sp³-hybridized carbons (Fsp3) is 0.545. The number of allylic oxidation sites excluding steroid dienone is 4. The molecule has 0 aromatic heterocycles. The van der Waals surface area contributed by atoms with Crippen LogP contribution in [0.1, 0.15) is 43.7 Å². The van der Waals surface area contributed by atoms with Crippen molar-refractivity contribution in [3.63, 3.8) is 0 Å². The number of hydrogen-bond acceptors (Lipinski definition) is 0. The molecule has 130 valence electrons. The van der Waals surface area contributed by atoms with Crippen LogP contribution >= 0.6 is 0 Å². The van der Waals surface area contributed by atoms with Gasteiger partial charge in [0.05, 0.1) is 0 Å². The maximum absolute atomic E-state index is 2.67. The molecule has 0 spiro atoms. The standard InChI is InChI=1S/C19H25Si.3CH3.Ti/c1-13-7-6-10-19(15(13)3)20-12-18-14(2)11-16-8-4-5-9-17(16)18;;;;/h6-7,10-11H,4-5,8-9,12,20H2,1-3H3;3*1H3;. The summed E-state index contributed by atoms with van der Waals surface area (Å²) in [5.74, 6) is 0. The summed E-state index contributed by atoms with van der Waals surface area (Å²) in [4.78, 5) is 0. The van der Waals surface area contributed by atoms with E-state index in [0.29, 0.717) is 3.72 Å². The van der Waals surface area contributed by atoms with E-state index < -0.39 is 16.6 Å². The van der Waals surface area contributed by atoms with Gasteiger partial charge in [-0.2, -0.15) is 0 Å². The van der Waals surface area contributed by atoms with Gasteiger partial charge in [0.15, 0.2) is 0 Å². The van der Waals surface area contributed by atoms with Crippen molar-refractivity contribution in [2.75, 3.05) is 0 Å². The van der Waals surface area contributed by atoms with Gasteiger partial charge in [-0.25, -0.2) is 0 Å². The third kappa shape index (κ3) is 2.98. The first-order valence-corrected chi connectivity index (χ1v) is 16.9. The Morgan fingerprint density at radius 1 is 1.04 bits per heavy atom. The van der Waals surface area contributed by atoms with E-state index in [1.54, 1.807) is 21.9 Å². The van der Waals surface area contributed by atoms with Gasteiger partial charge in [-0.1, -0.05) is 0 Å². The molecule has 0 bridgehead atoms. The SMILES string of the molecule is CC1=CC2=C(CCCC2)[C]1(C[SiH2]c1cccc(C)c1C)[Ti]([CH3])([CH3])[CH3]. The first-order chi connectivity index (χ1) is 11.3. The Balaban J connectivity index is 1.98. The van der Waals surface area contributed by atoms with E-state index in [9.17, 15) is 0 Å². The summed E-state index contributed by atoms with van der Waals surface area (Å²) in [6.45, 7) is 7.07. The Kier molecular flexibility index (Phi) is 5.18. The van der Waals surface area contributed by atoms with Gasteiger partial charge >= 0.3 is 155 Å². The molecule has 0 saturated carbocycles. The quantitative estimate of drug-likeness (QED) is 0.584. The van der Waals surface area contributed by atoms with Crippen molar-refractivity contribution in [3.05, 3.63) is 52.1 Å². The molecule has 0 heterocycles. The Hall–Kier alpha value is -0.369. The number of benzene rings is 1. The van der Waals surface area contributed by atoms with E-state index in [1.165, 1.54) is 37.3 Å². The van der Waals surface area contributed by atoms with Crippen LogP contribution in [0.4, 0.5) is 0 Å². The molecular formula is C22H34SiTi. The van der Waals surface area contributed by atoms with E-state index in [2.05, 4.69) is 60.7 Å². The van der Waals surface area contributed by atoms with Crippen LogP contribution in [-0.4, -0.2) is 9.52 Å². The summed E-state index contributed by atoms with van der Waals surface area (Å²) in [6.07, 6.45) is 8.17. The van der Waals surface area contributed by atoms with Crippen LogP contribution in [0.2, 0.25) is 25.4 Å². The van der Waals surface area contributed by atoms with Gasteiger partial charge < -0.3 is 0 Å². The predicted molar refractivity (Wildman–Crippen MR) is 108 cm³/mol. The van der Waals surface area contributed by atoms with Crippen LogP contribution in [0.3, 0.4) is 0 Å². The van der Waals surface area contributed by atoms with Crippen molar-refractivity contribution < 1.29 is 16.6 Å². The Morgan fingerprint density at radius 3 is 2.46 bits per heavy atom. The van der Waals surface area contributed by atoms with Crippen LogP contribution < -0.4 is 5.19 Å². The molecular weight excluding hydrogens is 340 g/mol. The molecule has 2 aliphatic rings. The summed E-state index contributed by atoms with van der Waals surface area (Å²) < 4.78 is 0.512. The minimum absolute atomic E-state index is 0.235. The van der Waals surface area contributed by atoms with Gasteiger partial charge in [0.25, 0.3) is 0 Å². The van der Waals surface area contributed by atoms with Crippen molar-refractivity contribution in [2.45, 2.75) is 71.9 Å². The molecule has 24 heavy (non-hydrogen) atoms. The Bertz CT molecular complexity index is 705. The van der Waals surface area contributed by atoms with Gasteiger partial charge in [-0.3, -0.25) is 0 Å². The van der Waals surface area contributed by atoms with E-state index in [4.69, 9.17) is 0 Å². The first-order valence-electron chi connectivity index (χ1n) is 9.74. The molecule has 3 rings (SSSR count). The Morgan fingerprint density at radius 2 is 1.75 bits per heavy atom. The molecule has 0 nitrogen and oxygen atoms in total. The fourth-order valence-electron chi connectivity index (χ4n) is 5.37. The number of rotatable bonds is 4. The van der Waals surface area contributed by atoms with E-state index >= 15 is 0 Å². The second-order valence-corrected chi connectivity index (χ2v) is 19.2. The van der Waals surface area contributed by atoms with Crippen LogP contribution in [0.25, 0.3) is 0 Å². The molecule has 1 aromatic carbocycles. The van der Waals surface area contributed by atoms with Gasteiger partial charge in [0.2, 0.25) is 0 Å². The third-order valence-corrected chi connectivity index (χ3v) is 15.4. The average Bonchev–Trinajstić information content (AvgIpc) is 2.81. The summed E-state index contributed by atoms with van der Waals surface area (Å²) in [5.41, 5.74) is 8.42. The van der Waals surface area contributed by atoms with Crippen LogP contribution in [0, 0.1) is 13.8 Å². The van der Waals surface area contributed by atoms with Gasteiger partial charge in [0.1, 0.15) is 0 Å². The van der Waals surface area contributed by atoms with Gasteiger partial charge in [0, 0.05) is 0 Å². The summed E-state index contributed by atoms with van der Waals surface area (Å²) in [5, 5.41) is 9.71. The zero-order chi connectivity index (χ0) is 17.5. The van der Waals surface area contributed by atoms with Crippen molar-refractivity contribution >= 4 is 14.7 Å². The summed E-state index contributed by atoms with van der Waals surface area (Å²) in [6, 6.07) is 8.44. The minimum atomic E-state index is -1.89. The molecule has 1 unspecified atom stereocenters. The van der Waals surface area contributed by atoms with Crippen LogP contribution in [0.5, 0.6) is 0 Å². The third-order valence-electron chi connectivity index (χ3n) is 6.86. The zero-order valence-electron chi connectivity index (χ0n) is 16.6. The molecule has 0 fully saturated rings. The molecule has 1 aromatic rings. The molecule has 0 aliphatic heterocycles. The second kappa shape index (κ2) is 6.74. The molecule has 2 aliphatic carbocycles. The topological polar surface area (TPSA) is 0 Å². The molecule has 0 amide bonds. The normalized spacial score (nSPS) is 24.7. The monoisotopic (exact) mass is 374 g/mol. The predicted octanol–water partition coefficient (Wildman–Crippen LogP) is 5.80. The molecule has 0 saturated heterocycles.